The largest absolute Gasteiger partial charge is 0.419 e. The van der Waals surface area contributed by atoms with E-state index >= 15 is 0 Å². The second kappa shape index (κ2) is 9.03. The summed E-state index contributed by atoms with van der Waals surface area (Å²) in [6.45, 7) is 5.98. The molecular formula is C22H26F3N6O2P. The molecule has 0 spiro atoms. The van der Waals surface area contributed by atoms with Gasteiger partial charge in [0.1, 0.15) is 12.7 Å². The Hall–Kier alpha value is -2.91. The number of aromatic amines is 1. The molecule has 0 bridgehead atoms. The number of alkyl halides is 3. The summed E-state index contributed by atoms with van der Waals surface area (Å²) in [5, 5.41) is 9.80. The second-order valence-corrected chi connectivity index (χ2v) is 11.9. The molecule has 1 amide bonds. The van der Waals surface area contributed by atoms with Crippen LogP contribution in [0.1, 0.15) is 25.3 Å². The highest BCUT2D eigenvalue weighted by atomic mass is 31.2. The van der Waals surface area contributed by atoms with Gasteiger partial charge < -0.3 is 25.5 Å². The maximum Gasteiger partial charge on any atom is 0.419 e. The first-order chi connectivity index (χ1) is 15.9. The Bertz CT molecular complexity index is 1280. The van der Waals surface area contributed by atoms with Crippen molar-refractivity contribution in [2.24, 2.45) is 0 Å². The summed E-state index contributed by atoms with van der Waals surface area (Å²) in [6.07, 6.45) is -0.659. The zero-order chi connectivity index (χ0) is 24.7. The molecule has 0 aliphatic carbocycles. The summed E-state index contributed by atoms with van der Waals surface area (Å²) < 4.78 is 54.8. The molecule has 0 saturated carbocycles. The van der Waals surface area contributed by atoms with Crippen LogP contribution in [0.4, 0.5) is 24.8 Å². The topological polar surface area (TPSA) is 112 Å². The SMILES string of the molecule is CC(=O)Nc1ccc2c(-c3nc(N[C@H]4CCCNC4)ncc3C(F)(F)F)c[nH]c2c1P(C)(C)=O. The summed E-state index contributed by atoms with van der Waals surface area (Å²) in [7, 11) is -2.93. The molecule has 0 radical (unpaired) electrons. The summed E-state index contributed by atoms with van der Waals surface area (Å²) in [5.74, 6) is -0.235. The number of halogens is 3. The van der Waals surface area contributed by atoms with Gasteiger partial charge in [0.05, 0.1) is 22.2 Å². The molecule has 12 heteroatoms. The maximum absolute atomic E-state index is 13.9. The van der Waals surface area contributed by atoms with E-state index in [9.17, 15) is 22.5 Å². The van der Waals surface area contributed by atoms with Gasteiger partial charge in [0, 0.05) is 42.9 Å². The quantitative estimate of drug-likeness (QED) is 0.399. The summed E-state index contributed by atoms with van der Waals surface area (Å²) >= 11 is 0. The summed E-state index contributed by atoms with van der Waals surface area (Å²) in [6, 6.07) is 3.16. The summed E-state index contributed by atoms with van der Waals surface area (Å²) in [4.78, 5) is 22.8. The number of nitrogens with zero attached hydrogens (tertiary/aromatic N) is 2. The number of rotatable bonds is 5. The minimum absolute atomic E-state index is 0.0131. The molecule has 4 rings (SSSR count). The highest BCUT2D eigenvalue weighted by Gasteiger charge is 2.36. The van der Waals surface area contributed by atoms with Crippen LogP contribution in [0.15, 0.2) is 24.5 Å². The fourth-order valence-corrected chi connectivity index (χ4v) is 5.69. The van der Waals surface area contributed by atoms with E-state index in [1.165, 1.54) is 13.1 Å². The fourth-order valence-electron chi connectivity index (χ4n) is 4.25. The van der Waals surface area contributed by atoms with E-state index in [0.29, 0.717) is 28.4 Å². The Balaban J connectivity index is 1.88. The molecule has 182 valence electrons. The van der Waals surface area contributed by atoms with Crippen LogP contribution in [-0.4, -0.2) is 53.3 Å². The number of carbonyl (C=O) groups is 1. The third kappa shape index (κ3) is 4.95. The van der Waals surface area contributed by atoms with Crippen LogP contribution in [0, 0.1) is 0 Å². The van der Waals surface area contributed by atoms with E-state index in [4.69, 9.17) is 0 Å². The van der Waals surface area contributed by atoms with Crippen LogP contribution in [0.5, 0.6) is 0 Å². The lowest BCUT2D eigenvalue weighted by Gasteiger charge is -2.24. The van der Waals surface area contributed by atoms with Crippen molar-refractivity contribution in [3.63, 3.8) is 0 Å². The first kappa shape index (κ1) is 24.2. The van der Waals surface area contributed by atoms with E-state index in [-0.39, 0.29) is 29.2 Å². The van der Waals surface area contributed by atoms with Crippen LogP contribution >= 0.6 is 7.14 Å². The van der Waals surface area contributed by atoms with Gasteiger partial charge in [0.2, 0.25) is 11.9 Å². The molecule has 1 fully saturated rings. The van der Waals surface area contributed by atoms with Crippen molar-refractivity contribution in [3.8, 4) is 11.3 Å². The average molecular weight is 494 g/mol. The standard InChI is InChI=1S/C22H26F3N6O2P/c1-12(32)29-17-7-6-14-15(10-27-19(14)20(17)34(2,3)33)18-16(22(23,24)25)11-28-21(31-18)30-13-5-4-8-26-9-13/h6-7,10-11,13,26-27H,4-5,8-9H2,1-3H3,(H,29,32)(H,28,30,31)/t13-/m0/s1. The van der Waals surface area contributed by atoms with Gasteiger partial charge in [-0.25, -0.2) is 9.97 Å². The molecule has 3 aromatic rings. The summed E-state index contributed by atoms with van der Waals surface area (Å²) in [5.41, 5.74) is -0.289. The molecule has 2 aromatic heterocycles. The Kier molecular flexibility index (Phi) is 6.44. The highest BCUT2D eigenvalue weighted by molar-refractivity contribution is 7.71. The van der Waals surface area contributed by atoms with Crippen LogP contribution in [0.3, 0.4) is 0 Å². The van der Waals surface area contributed by atoms with Crippen LogP contribution in [0.25, 0.3) is 22.2 Å². The molecule has 34 heavy (non-hydrogen) atoms. The lowest BCUT2D eigenvalue weighted by atomic mass is 10.1. The second-order valence-electron chi connectivity index (χ2n) is 8.76. The van der Waals surface area contributed by atoms with Crippen LogP contribution < -0.4 is 21.3 Å². The van der Waals surface area contributed by atoms with E-state index in [1.807, 2.05) is 0 Å². The zero-order valence-corrected chi connectivity index (χ0v) is 19.9. The third-order valence-corrected chi connectivity index (χ3v) is 7.20. The monoisotopic (exact) mass is 494 g/mol. The lowest BCUT2D eigenvalue weighted by molar-refractivity contribution is -0.137. The third-order valence-electron chi connectivity index (χ3n) is 5.66. The zero-order valence-electron chi connectivity index (χ0n) is 19.0. The predicted molar refractivity (Wildman–Crippen MR) is 127 cm³/mol. The fraction of sp³-hybridized carbons (Fsp3) is 0.409. The minimum atomic E-state index is -4.67. The first-order valence-electron chi connectivity index (χ1n) is 10.8. The number of hydrogen-bond donors (Lipinski definition) is 4. The van der Waals surface area contributed by atoms with Crippen molar-refractivity contribution >= 4 is 40.9 Å². The molecule has 8 nitrogen and oxygen atoms in total. The first-order valence-corrected chi connectivity index (χ1v) is 13.4. The number of benzene rings is 1. The van der Waals surface area contributed by atoms with Crippen LogP contribution in [-0.2, 0) is 15.5 Å². The van der Waals surface area contributed by atoms with Crippen LogP contribution in [0.2, 0.25) is 0 Å². The Morgan fingerprint density at radius 1 is 1.26 bits per heavy atom. The van der Waals surface area contributed by atoms with Gasteiger partial charge in [-0.05, 0) is 38.8 Å². The molecule has 1 aromatic carbocycles. The number of H-pyrrole nitrogens is 1. The minimum Gasteiger partial charge on any atom is -0.360 e. The lowest BCUT2D eigenvalue weighted by Crippen LogP contribution is -2.38. The van der Waals surface area contributed by atoms with E-state index in [0.717, 1.165) is 25.6 Å². The highest BCUT2D eigenvalue weighted by Crippen LogP contribution is 2.44. The number of hydrogen-bond acceptors (Lipinski definition) is 6. The van der Waals surface area contributed by atoms with Gasteiger partial charge in [0.15, 0.2) is 0 Å². The van der Waals surface area contributed by atoms with Crippen molar-refractivity contribution in [1.29, 1.82) is 0 Å². The van der Waals surface area contributed by atoms with Gasteiger partial charge in [-0.1, -0.05) is 6.07 Å². The molecule has 1 aliphatic heterocycles. The van der Waals surface area contributed by atoms with Crippen molar-refractivity contribution < 1.29 is 22.5 Å². The maximum atomic E-state index is 13.9. The van der Waals surface area contributed by atoms with Crippen molar-refractivity contribution in [2.75, 3.05) is 37.1 Å². The van der Waals surface area contributed by atoms with E-state index < -0.39 is 18.9 Å². The predicted octanol–water partition coefficient (Wildman–Crippen LogP) is 4.01. The molecule has 1 saturated heterocycles. The van der Waals surface area contributed by atoms with Gasteiger partial charge in [-0.3, -0.25) is 4.79 Å². The number of aromatic nitrogens is 3. The number of amides is 1. The van der Waals surface area contributed by atoms with E-state index in [1.54, 1.807) is 25.5 Å². The normalized spacial score (nSPS) is 17.1. The number of nitrogens with one attached hydrogen (secondary N) is 4. The van der Waals surface area contributed by atoms with E-state index in [2.05, 4.69) is 30.9 Å². The molecule has 1 atom stereocenters. The van der Waals surface area contributed by atoms with Gasteiger partial charge in [-0.15, -0.1) is 0 Å². The number of carbonyl (C=O) groups excluding carboxylic acids is 1. The van der Waals surface area contributed by atoms with Gasteiger partial charge in [0.25, 0.3) is 0 Å². The molecule has 3 heterocycles. The van der Waals surface area contributed by atoms with Crippen molar-refractivity contribution in [3.05, 3.63) is 30.1 Å². The number of anilines is 2. The number of fused-ring (bicyclic) bond motifs is 1. The molecule has 1 aliphatic rings. The van der Waals surface area contributed by atoms with Crippen molar-refractivity contribution in [2.45, 2.75) is 32.0 Å². The number of piperidine rings is 1. The Morgan fingerprint density at radius 2 is 2.03 bits per heavy atom. The molecular weight excluding hydrogens is 468 g/mol. The Morgan fingerprint density at radius 3 is 2.65 bits per heavy atom. The average Bonchev–Trinajstić information content (AvgIpc) is 3.16. The van der Waals surface area contributed by atoms with Gasteiger partial charge in [-0.2, -0.15) is 13.2 Å². The Labute approximate surface area is 194 Å². The molecule has 4 N–H and O–H groups in total. The van der Waals surface area contributed by atoms with Gasteiger partial charge >= 0.3 is 6.18 Å². The van der Waals surface area contributed by atoms with Crippen molar-refractivity contribution in [1.82, 2.24) is 20.3 Å². The molecule has 0 unspecified atom stereocenters. The smallest absolute Gasteiger partial charge is 0.360 e.